The Hall–Kier alpha value is -3.21. The second-order valence-corrected chi connectivity index (χ2v) is 9.58. The predicted molar refractivity (Wildman–Crippen MR) is 125 cm³/mol. The molecule has 4 aromatic rings. The molecule has 10 heteroatoms. The van der Waals surface area contributed by atoms with Gasteiger partial charge >= 0.3 is 0 Å². The number of hydrogen-bond donors (Lipinski definition) is 1. The van der Waals surface area contributed by atoms with Gasteiger partial charge < -0.3 is 15.0 Å². The summed E-state index contributed by atoms with van der Waals surface area (Å²) in [5.74, 6) is -0.864. The number of rotatable bonds is 5. The Balaban J connectivity index is 1.31. The van der Waals surface area contributed by atoms with Crippen LogP contribution in [0.4, 0.5) is 4.39 Å². The Kier molecular flexibility index (Phi) is 5.88. The maximum atomic E-state index is 13.4. The molecule has 1 N–H and O–H groups in total. The lowest BCUT2D eigenvalue weighted by Crippen LogP contribution is -2.44. The first-order valence-electron chi connectivity index (χ1n) is 10.3. The molecule has 168 valence electrons. The summed E-state index contributed by atoms with van der Waals surface area (Å²) in [5.41, 5.74) is 4.15. The molecule has 1 fully saturated rings. The molecule has 5 rings (SSSR count). The lowest BCUT2D eigenvalue weighted by atomic mass is 10.1. The summed E-state index contributed by atoms with van der Waals surface area (Å²) in [6.45, 7) is 2.74. The van der Waals surface area contributed by atoms with E-state index in [4.69, 9.17) is 4.74 Å². The number of thiazole rings is 2. The molecule has 1 atom stereocenters. The summed E-state index contributed by atoms with van der Waals surface area (Å²) in [6, 6.07) is 11.3. The van der Waals surface area contributed by atoms with Gasteiger partial charge in [0.05, 0.1) is 38.8 Å². The molecule has 1 aliphatic heterocycles. The van der Waals surface area contributed by atoms with Crippen molar-refractivity contribution < 1.29 is 18.7 Å². The fraction of sp³-hybridized carbons (Fsp3) is 0.217. The molecule has 1 aliphatic rings. The molecule has 0 aliphatic carbocycles. The number of carbonyl (C=O) groups excluding carboxylic acids is 2. The standard InChI is InChI=1S/C23H19FN4O3S2/c1-13-27-20(21(33-13)14-2-5-16(24)6-3-14)23(30)28-8-9-31-19(28)11-25-22(29)15-4-7-17-18(10-15)32-12-26-17/h2-7,10,12,19H,8-9,11H2,1H3,(H,25,29). The van der Waals surface area contributed by atoms with Crippen molar-refractivity contribution in [3.63, 3.8) is 0 Å². The van der Waals surface area contributed by atoms with Gasteiger partial charge in [-0.1, -0.05) is 12.1 Å². The van der Waals surface area contributed by atoms with E-state index in [1.54, 1.807) is 34.7 Å². The van der Waals surface area contributed by atoms with Gasteiger partial charge in [-0.05, 0) is 42.8 Å². The average molecular weight is 483 g/mol. The van der Waals surface area contributed by atoms with Crippen molar-refractivity contribution in [2.45, 2.75) is 13.2 Å². The van der Waals surface area contributed by atoms with Crippen LogP contribution in [-0.4, -0.2) is 52.6 Å². The lowest BCUT2D eigenvalue weighted by Gasteiger charge is -2.23. The number of nitrogens with zero attached hydrogens (tertiary/aromatic N) is 3. The zero-order chi connectivity index (χ0) is 22.9. The number of amides is 2. The number of aromatic nitrogens is 2. The fourth-order valence-electron chi connectivity index (χ4n) is 3.71. The topological polar surface area (TPSA) is 84.4 Å². The molecule has 0 saturated carbocycles. The number of hydrogen-bond acceptors (Lipinski definition) is 7. The van der Waals surface area contributed by atoms with E-state index in [-0.39, 0.29) is 24.2 Å². The second-order valence-electron chi connectivity index (χ2n) is 7.49. The molecule has 7 nitrogen and oxygen atoms in total. The molecule has 33 heavy (non-hydrogen) atoms. The molecule has 2 aromatic heterocycles. The minimum absolute atomic E-state index is 0.153. The first kappa shape index (κ1) is 21.6. The molecule has 1 saturated heterocycles. The Morgan fingerprint density at radius 2 is 2.06 bits per heavy atom. The maximum Gasteiger partial charge on any atom is 0.276 e. The summed E-state index contributed by atoms with van der Waals surface area (Å²) in [6.07, 6.45) is -0.600. The van der Waals surface area contributed by atoms with Gasteiger partial charge in [0.1, 0.15) is 17.7 Å². The fourth-order valence-corrected chi connectivity index (χ4v) is 5.34. The van der Waals surface area contributed by atoms with Crippen molar-refractivity contribution in [3.8, 4) is 10.4 Å². The van der Waals surface area contributed by atoms with Crippen LogP contribution < -0.4 is 5.32 Å². The normalized spacial score (nSPS) is 15.8. The summed E-state index contributed by atoms with van der Waals surface area (Å²) in [7, 11) is 0. The van der Waals surface area contributed by atoms with Crippen LogP contribution in [0.3, 0.4) is 0 Å². The number of halogens is 1. The molecule has 1 unspecified atom stereocenters. The second kappa shape index (κ2) is 8.97. The summed E-state index contributed by atoms with van der Waals surface area (Å²) < 4.78 is 20.0. The van der Waals surface area contributed by atoms with Crippen molar-refractivity contribution in [1.29, 1.82) is 0 Å². The van der Waals surface area contributed by atoms with Crippen LogP contribution in [0, 0.1) is 12.7 Å². The van der Waals surface area contributed by atoms with Crippen LogP contribution in [0.15, 0.2) is 48.0 Å². The van der Waals surface area contributed by atoms with Crippen LogP contribution in [-0.2, 0) is 4.74 Å². The SMILES string of the molecule is Cc1nc(C(=O)N2CCOC2CNC(=O)c2ccc3ncsc3c2)c(-c2ccc(F)cc2)s1. The highest BCUT2D eigenvalue weighted by Gasteiger charge is 2.33. The minimum Gasteiger partial charge on any atom is -0.355 e. The van der Waals surface area contributed by atoms with Crippen LogP contribution in [0.5, 0.6) is 0 Å². The highest BCUT2D eigenvalue weighted by atomic mass is 32.1. The third-order valence-electron chi connectivity index (χ3n) is 5.32. The Morgan fingerprint density at radius 1 is 1.24 bits per heavy atom. The Labute approximate surface area is 196 Å². The molecule has 2 aromatic carbocycles. The molecule has 2 amide bonds. The van der Waals surface area contributed by atoms with Crippen LogP contribution in [0.1, 0.15) is 25.9 Å². The predicted octanol–water partition coefficient (Wildman–Crippen LogP) is 4.10. The van der Waals surface area contributed by atoms with Crippen molar-refractivity contribution in [2.24, 2.45) is 0 Å². The summed E-state index contributed by atoms with van der Waals surface area (Å²) in [5, 5.41) is 3.60. The van der Waals surface area contributed by atoms with Gasteiger partial charge in [-0.25, -0.2) is 14.4 Å². The minimum atomic E-state index is -0.600. The zero-order valence-corrected chi connectivity index (χ0v) is 19.2. The number of aryl methyl sites for hydroxylation is 1. The third kappa shape index (κ3) is 4.37. The van der Waals surface area contributed by atoms with Crippen molar-refractivity contribution in [2.75, 3.05) is 19.7 Å². The molecule has 0 radical (unpaired) electrons. The van der Waals surface area contributed by atoms with E-state index in [2.05, 4.69) is 15.3 Å². The van der Waals surface area contributed by atoms with Gasteiger partial charge in [-0.15, -0.1) is 22.7 Å². The maximum absolute atomic E-state index is 13.4. The van der Waals surface area contributed by atoms with E-state index in [0.717, 1.165) is 20.8 Å². The van der Waals surface area contributed by atoms with Crippen molar-refractivity contribution in [1.82, 2.24) is 20.2 Å². The van der Waals surface area contributed by atoms with Crippen LogP contribution in [0.2, 0.25) is 0 Å². The number of nitrogens with one attached hydrogen (secondary N) is 1. The van der Waals surface area contributed by atoms with Gasteiger partial charge in [0.15, 0.2) is 0 Å². The quantitative estimate of drug-likeness (QED) is 0.463. The summed E-state index contributed by atoms with van der Waals surface area (Å²) >= 11 is 2.85. The highest BCUT2D eigenvalue weighted by Crippen LogP contribution is 2.32. The highest BCUT2D eigenvalue weighted by molar-refractivity contribution is 7.16. The largest absolute Gasteiger partial charge is 0.355 e. The van der Waals surface area contributed by atoms with Crippen LogP contribution in [0.25, 0.3) is 20.7 Å². The van der Waals surface area contributed by atoms with Crippen molar-refractivity contribution in [3.05, 3.63) is 70.1 Å². The number of fused-ring (bicyclic) bond motifs is 1. The first-order chi connectivity index (χ1) is 16.0. The third-order valence-corrected chi connectivity index (χ3v) is 7.14. The van der Waals surface area contributed by atoms with E-state index >= 15 is 0 Å². The van der Waals surface area contributed by atoms with E-state index < -0.39 is 6.23 Å². The zero-order valence-electron chi connectivity index (χ0n) is 17.6. The Bertz CT molecular complexity index is 1340. The average Bonchev–Trinajstić information content (AvgIpc) is 3.56. The molecular weight excluding hydrogens is 463 g/mol. The van der Waals surface area contributed by atoms with Gasteiger partial charge in [-0.2, -0.15) is 0 Å². The lowest BCUT2D eigenvalue weighted by molar-refractivity contribution is 0.0277. The molecule has 3 heterocycles. The van der Waals surface area contributed by atoms with E-state index in [9.17, 15) is 14.0 Å². The number of benzene rings is 2. The smallest absolute Gasteiger partial charge is 0.276 e. The molecule has 0 spiro atoms. The van der Waals surface area contributed by atoms with Gasteiger partial charge in [0.2, 0.25) is 0 Å². The summed E-state index contributed by atoms with van der Waals surface area (Å²) in [4.78, 5) is 36.9. The number of ether oxygens (including phenoxy) is 1. The molecular formula is C23H19FN4O3S2. The van der Waals surface area contributed by atoms with Gasteiger partial charge in [0, 0.05) is 12.1 Å². The molecule has 0 bridgehead atoms. The first-order valence-corrected chi connectivity index (χ1v) is 12.0. The van der Waals surface area contributed by atoms with Crippen LogP contribution >= 0.6 is 22.7 Å². The van der Waals surface area contributed by atoms with Crippen molar-refractivity contribution >= 4 is 44.7 Å². The monoisotopic (exact) mass is 482 g/mol. The Morgan fingerprint density at radius 3 is 2.88 bits per heavy atom. The van der Waals surface area contributed by atoms with Gasteiger partial charge in [-0.3, -0.25) is 9.59 Å². The van der Waals surface area contributed by atoms with E-state index in [1.807, 2.05) is 13.0 Å². The number of carbonyl (C=O) groups is 2. The van der Waals surface area contributed by atoms with E-state index in [1.165, 1.54) is 34.8 Å². The van der Waals surface area contributed by atoms with E-state index in [0.29, 0.717) is 29.3 Å². The van der Waals surface area contributed by atoms with Gasteiger partial charge in [0.25, 0.3) is 11.8 Å².